The second kappa shape index (κ2) is 5.63. The molecule has 0 radical (unpaired) electrons. The second-order valence-corrected chi connectivity index (χ2v) is 4.99. The fourth-order valence-corrected chi connectivity index (χ4v) is 2.34. The zero-order valence-electron chi connectivity index (χ0n) is 10.6. The first-order valence-electron chi connectivity index (χ1n) is 6.08. The van der Waals surface area contributed by atoms with Crippen LogP contribution in [0, 0.1) is 0 Å². The summed E-state index contributed by atoms with van der Waals surface area (Å²) in [6.07, 6.45) is 2.13. The Morgan fingerprint density at radius 2 is 1.94 bits per heavy atom. The maximum atomic E-state index is 11.1. The summed E-state index contributed by atoms with van der Waals surface area (Å²) >= 11 is 5.91. The van der Waals surface area contributed by atoms with Gasteiger partial charge in [-0.25, -0.2) is 9.97 Å². The van der Waals surface area contributed by atoms with Crippen LogP contribution in [0.1, 0.15) is 24.2 Å². The summed E-state index contributed by atoms with van der Waals surface area (Å²) in [6, 6.07) is 0.548. The van der Waals surface area contributed by atoms with E-state index in [2.05, 4.69) is 33.6 Å². The van der Waals surface area contributed by atoms with Crippen molar-refractivity contribution in [2.24, 2.45) is 0 Å². The van der Waals surface area contributed by atoms with E-state index >= 15 is 0 Å². The van der Waals surface area contributed by atoms with Gasteiger partial charge in [0.15, 0.2) is 6.29 Å². The molecule has 0 atom stereocenters. The van der Waals surface area contributed by atoms with Gasteiger partial charge in [0.1, 0.15) is 17.3 Å². The standard InChI is InChI=1S/C12H17ClN4O/c1-9(2)16-3-5-17(6-4-16)12-10(7-18)11(13)14-8-15-12/h7-9H,3-6H2,1-2H3. The predicted molar refractivity (Wildman–Crippen MR) is 71.4 cm³/mol. The molecule has 1 aliphatic rings. The van der Waals surface area contributed by atoms with Gasteiger partial charge in [-0.15, -0.1) is 0 Å². The highest BCUT2D eigenvalue weighted by molar-refractivity contribution is 6.32. The van der Waals surface area contributed by atoms with Crippen molar-refractivity contribution in [1.29, 1.82) is 0 Å². The minimum Gasteiger partial charge on any atom is -0.353 e. The normalized spacial score (nSPS) is 17.2. The molecule has 18 heavy (non-hydrogen) atoms. The van der Waals surface area contributed by atoms with Gasteiger partial charge in [-0.1, -0.05) is 11.6 Å². The highest BCUT2D eigenvalue weighted by Gasteiger charge is 2.22. The third kappa shape index (κ3) is 2.62. The van der Waals surface area contributed by atoms with Crippen LogP contribution < -0.4 is 4.90 Å². The van der Waals surface area contributed by atoms with Crippen molar-refractivity contribution in [3.63, 3.8) is 0 Å². The number of carbonyl (C=O) groups is 1. The molecule has 0 spiro atoms. The molecule has 0 bridgehead atoms. The second-order valence-electron chi connectivity index (χ2n) is 4.64. The van der Waals surface area contributed by atoms with Gasteiger partial charge in [0, 0.05) is 32.2 Å². The van der Waals surface area contributed by atoms with Crippen LogP contribution in [0.15, 0.2) is 6.33 Å². The first-order valence-corrected chi connectivity index (χ1v) is 6.46. The number of rotatable bonds is 3. The lowest BCUT2D eigenvalue weighted by Crippen LogP contribution is -2.49. The highest BCUT2D eigenvalue weighted by Crippen LogP contribution is 2.22. The summed E-state index contributed by atoms with van der Waals surface area (Å²) in [5.41, 5.74) is 0.386. The van der Waals surface area contributed by atoms with Crippen LogP contribution in [0.2, 0.25) is 5.15 Å². The molecule has 98 valence electrons. The van der Waals surface area contributed by atoms with Crippen molar-refractivity contribution < 1.29 is 4.79 Å². The maximum absolute atomic E-state index is 11.1. The zero-order valence-corrected chi connectivity index (χ0v) is 11.4. The topological polar surface area (TPSA) is 49.3 Å². The van der Waals surface area contributed by atoms with Crippen LogP contribution in [0.25, 0.3) is 0 Å². The fraction of sp³-hybridized carbons (Fsp3) is 0.583. The van der Waals surface area contributed by atoms with E-state index in [1.54, 1.807) is 0 Å². The molecule has 5 nitrogen and oxygen atoms in total. The number of piperazine rings is 1. The van der Waals surface area contributed by atoms with Crippen LogP contribution >= 0.6 is 11.6 Å². The van der Waals surface area contributed by atoms with Crippen LogP contribution in [0.3, 0.4) is 0 Å². The van der Waals surface area contributed by atoms with Gasteiger partial charge in [-0.2, -0.15) is 0 Å². The largest absolute Gasteiger partial charge is 0.353 e. The molecule has 0 N–H and O–H groups in total. The average molecular weight is 269 g/mol. The third-order valence-corrected chi connectivity index (χ3v) is 3.58. The Kier molecular flexibility index (Phi) is 4.14. The zero-order chi connectivity index (χ0) is 13.1. The molecule has 1 aromatic heterocycles. The van der Waals surface area contributed by atoms with E-state index in [4.69, 9.17) is 11.6 Å². The molecular weight excluding hydrogens is 252 g/mol. The predicted octanol–water partition coefficient (Wildman–Crippen LogP) is 1.47. The number of aldehydes is 1. The smallest absolute Gasteiger partial charge is 0.156 e. The Bertz CT molecular complexity index is 430. The molecule has 0 amide bonds. The molecule has 1 aliphatic heterocycles. The summed E-state index contributed by atoms with van der Waals surface area (Å²) in [6.45, 7) is 8.02. The average Bonchev–Trinajstić information content (AvgIpc) is 2.38. The van der Waals surface area contributed by atoms with Crippen molar-refractivity contribution in [2.75, 3.05) is 31.1 Å². The Labute approximate surface area is 112 Å². The lowest BCUT2D eigenvalue weighted by molar-refractivity contribution is 0.112. The van der Waals surface area contributed by atoms with Gasteiger partial charge in [0.25, 0.3) is 0 Å². The quantitative estimate of drug-likeness (QED) is 0.614. The van der Waals surface area contributed by atoms with Crippen LogP contribution in [0.4, 0.5) is 5.82 Å². The number of carbonyl (C=O) groups excluding carboxylic acids is 1. The molecule has 6 heteroatoms. The Morgan fingerprint density at radius 1 is 1.28 bits per heavy atom. The van der Waals surface area contributed by atoms with E-state index in [-0.39, 0.29) is 5.15 Å². The number of hydrogen-bond acceptors (Lipinski definition) is 5. The Hall–Kier alpha value is -1.20. The fourth-order valence-electron chi connectivity index (χ4n) is 2.17. The Morgan fingerprint density at radius 3 is 2.50 bits per heavy atom. The summed E-state index contributed by atoms with van der Waals surface area (Å²) in [7, 11) is 0. The number of nitrogens with zero attached hydrogens (tertiary/aromatic N) is 4. The maximum Gasteiger partial charge on any atom is 0.156 e. The molecule has 1 saturated heterocycles. The van der Waals surface area contributed by atoms with Gasteiger partial charge in [0.2, 0.25) is 0 Å². The molecule has 0 aliphatic carbocycles. The summed E-state index contributed by atoms with van der Waals surface area (Å²) < 4.78 is 0. The number of anilines is 1. The summed E-state index contributed by atoms with van der Waals surface area (Å²) in [5.74, 6) is 0.647. The van der Waals surface area contributed by atoms with Crippen LogP contribution in [-0.2, 0) is 0 Å². The molecule has 2 heterocycles. The van der Waals surface area contributed by atoms with Crippen molar-refractivity contribution in [3.05, 3.63) is 17.0 Å². The molecule has 0 saturated carbocycles. The number of aromatic nitrogens is 2. The number of halogens is 1. The van der Waals surface area contributed by atoms with E-state index in [1.807, 2.05) is 0 Å². The van der Waals surface area contributed by atoms with Crippen LogP contribution in [0.5, 0.6) is 0 Å². The van der Waals surface area contributed by atoms with E-state index in [0.717, 1.165) is 32.5 Å². The van der Waals surface area contributed by atoms with Crippen molar-refractivity contribution in [2.45, 2.75) is 19.9 Å². The monoisotopic (exact) mass is 268 g/mol. The van der Waals surface area contributed by atoms with Gasteiger partial charge >= 0.3 is 0 Å². The van der Waals surface area contributed by atoms with E-state index in [0.29, 0.717) is 17.4 Å². The molecule has 0 unspecified atom stereocenters. The molecule has 1 fully saturated rings. The minimum atomic E-state index is 0.223. The van der Waals surface area contributed by atoms with Gasteiger partial charge in [0.05, 0.1) is 5.56 Å². The number of hydrogen-bond donors (Lipinski definition) is 0. The van der Waals surface area contributed by atoms with Gasteiger partial charge in [-0.05, 0) is 13.8 Å². The van der Waals surface area contributed by atoms with Gasteiger partial charge < -0.3 is 4.90 Å². The molecule has 1 aromatic rings. The third-order valence-electron chi connectivity index (χ3n) is 3.28. The van der Waals surface area contributed by atoms with Crippen molar-refractivity contribution >= 4 is 23.7 Å². The molecule has 0 aromatic carbocycles. The van der Waals surface area contributed by atoms with E-state index in [9.17, 15) is 4.79 Å². The first-order chi connectivity index (χ1) is 8.63. The Balaban J connectivity index is 2.15. The lowest BCUT2D eigenvalue weighted by Gasteiger charge is -2.37. The van der Waals surface area contributed by atoms with Crippen molar-refractivity contribution in [3.8, 4) is 0 Å². The van der Waals surface area contributed by atoms with Crippen LogP contribution in [-0.4, -0.2) is 53.4 Å². The first kappa shape index (κ1) is 13.2. The summed E-state index contributed by atoms with van der Waals surface area (Å²) in [5, 5.41) is 0.223. The minimum absolute atomic E-state index is 0.223. The van der Waals surface area contributed by atoms with E-state index in [1.165, 1.54) is 6.33 Å². The lowest BCUT2D eigenvalue weighted by atomic mass is 10.2. The summed E-state index contributed by atoms with van der Waals surface area (Å²) in [4.78, 5) is 23.6. The molecular formula is C12H17ClN4O. The highest BCUT2D eigenvalue weighted by atomic mass is 35.5. The van der Waals surface area contributed by atoms with Gasteiger partial charge in [-0.3, -0.25) is 9.69 Å². The van der Waals surface area contributed by atoms with Crippen molar-refractivity contribution in [1.82, 2.24) is 14.9 Å². The molecule has 2 rings (SSSR count). The SMILES string of the molecule is CC(C)N1CCN(c2ncnc(Cl)c2C=O)CC1. The van der Waals surface area contributed by atoms with E-state index < -0.39 is 0 Å².